The smallest absolute Gasteiger partial charge is 0.279 e. The van der Waals surface area contributed by atoms with Gasteiger partial charge in [-0.2, -0.15) is 0 Å². The van der Waals surface area contributed by atoms with E-state index in [9.17, 15) is 9.59 Å². The van der Waals surface area contributed by atoms with Gasteiger partial charge in [0.2, 0.25) is 5.95 Å². The van der Waals surface area contributed by atoms with Crippen LogP contribution in [0.2, 0.25) is 0 Å². The van der Waals surface area contributed by atoms with Crippen LogP contribution in [0.3, 0.4) is 0 Å². The number of nitrogens with zero attached hydrogens (tertiary/aromatic N) is 2. The molecule has 1 aromatic carbocycles. The molecule has 0 saturated carbocycles. The minimum absolute atomic E-state index is 0.0174. The molecule has 11 heteroatoms. The molecule has 2 unspecified atom stereocenters. The standard InChI is InChI=1S/C24H26BrN7O3.C2H6/c1-13-5-6-14(25)11-17(13)29-22(33)20-21(28-12-27-20)23(34)32-24-30-16-3-2-4-18(19(16)31-24)35-15-7-9-26-10-8-15;1-2/h2-6,11-13,15,17,26H,7-10H2,1H3,(H,27,28)(H,29,33)(H2,30,31,32,34);1-2H3. The van der Waals surface area contributed by atoms with Crippen LogP contribution in [-0.4, -0.2) is 57.0 Å². The zero-order valence-electron chi connectivity index (χ0n) is 21.1. The van der Waals surface area contributed by atoms with Gasteiger partial charge in [0, 0.05) is 4.48 Å². The van der Waals surface area contributed by atoms with E-state index in [1.807, 2.05) is 57.2 Å². The van der Waals surface area contributed by atoms with Gasteiger partial charge in [-0.25, -0.2) is 9.97 Å². The zero-order chi connectivity index (χ0) is 26.4. The van der Waals surface area contributed by atoms with Crippen LogP contribution in [0, 0.1) is 5.92 Å². The number of piperidine rings is 1. The molecule has 2 aliphatic rings. The largest absolute Gasteiger partial charge is 0.488 e. The summed E-state index contributed by atoms with van der Waals surface area (Å²) in [5.74, 6) is 0.0555. The van der Waals surface area contributed by atoms with Crippen LogP contribution in [0.15, 0.2) is 47.2 Å². The quantitative estimate of drug-likeness (QED) is 0.300. The van der Waals surface area contributed by atoms with E-state index in [1.165, 1.54) is 6.33 Å². The summed E-state index contributed by atoms with van der Waals surface area (Å²) < 4.78 is 7.07. The van der Waals surface area contributed by atoms with Crippen LogP contribution in [0.1, 0.15) is 54.6 Å². The number of hydrogen-bond donors (Lipinski definition) is 5. The van der Waals surface area contributed by atoms with E-state index in [0.717, 1.165) is 35.9 Å². The van der Waals surface area contributed by atoms with Gasteiger partial charge in [0.05, 0.1) is 17.9 Å². The third kappa shape index (κ3) is 6.28. The number of aromatic nitrogens is 4. The Morgan fingerprint density at radius 1 is 1.16 bits per heavy atom. The number of para-hydroxylation sites is 1. The number of halogens is 1. The predicted octanol–water partition coefficient (Wildman–Crippen LogP) is 4.28. The van der Waals surface area contributed by atoms with Gasteiger partial charge in [-0.05, 0) is 50.1 Å². The Hall–Kier alpha value is -3.44. The van der Waals surface area contributed by atoms with Crippen LogP contribution >= 0.6 is 15.9 Å². The number of H-pyrrole nitrogens is 2. The SMILES string of the molecule is CC.CC1C=CC(Br)=CC1NC(=O)c1[nH]cnc1C(=O)Nc1nc2c(OC3CCNCC3)cccc2[nH]1. The summed E-state index contributed by atoms with van der Waals surface area (Å²) in [5.41, 5.74) is 1.44. The summed E-state index contributed by atoms with van der Waals surface area (Å²) >= 11 is 3.43. The molecule has 196 valence electrons. The molecule has 2 atom stereocenters. The zero-order valence-corrected chi connectivity index (χ0v) is 22.7. The summed E-state index contributed by atoms with van der Waals surface area (Å²) in [6.45, 7) is 7.85. The van der Waals surface area contributed by atoms with E-state index in [-0.39, 0.29) is 35.4 Å². The number of carbonyl (C=O) groups is 2. The molecule has 1 saturated heterocycles. The maximum Gasteiger partial charge on any atom is 0.279 e. The average molecular weight is 570 g/mol. The van der Waals surface area contributed by atoms with Gasteiger partial charge in [0.15, 0.2) is 5.69 Å². The van der Waals surface area contributed by atoms with Crippen molar-refractivity contribution >= 4 is 44.7 Å². The first kappa shape index (κ1) is 26.6. The maximum absolute atomic E-state index is 13.0. The van der Waals surface area contributed by atoms with Crippen molar-refractivity contribution in [3.05, 3.63) is 58.6 Å². The van der Waals surface area contributed by atoms with Gasteiger partial charge in [-0.1, -0.05) is 54.9 Å². The van der Waals surface area contributed by atoms with Crippen LogP contribution in [0.4, 0.5) is 5.95 Å². The highest BCUT2D eigenvalue weighted by Crippen LogP contribution is 2.27. The van der Waals surface area contributed by atoms with E-state index in [4.69, 9.17) is 4.74 Å². The first-order valence-electron chi connectivity index (χ1n) is 12.5. The number of hydrogen-bond acceptors (Lipinski definition) is 6. The lowest BCUT2D eigenvalue weighted by molar-refractivity contribution is 0.0921. The lowest BCUT2D eigenvalue weighted by Crippen LogP contribution is -2.39. The number of fused-ring (bicyclic) bond motifs is 1. The number of ether oxygens (including phenoxy) is 1. The predicted molar refractivity (Wildman–Crippen MR) is 147 cm³/mol. The van der Waals surface area contributed by atoms with Crippen molar-refractivity contribution in [2.75, 3.05) is 18.4 Å². The number of imidazole rings is 2. The van der Waals surface area contributed by atoms with Crippen molar-refractivity contribution < 1.29 is 14.3 Å². The number of allylic oxidation sites excluding steroid dienone is 2. The average Bonchev–Trinajstić information content (AvgIpc) is 3.56. The number of carbonyl (C=O) groups excluding carboxylic acids is 2. The second kappa shape index (κ2) is 12.2. The fourth-order valence-corrected chi connectivity index (χ4v) is 4.64. The van der Waals surface area contributed by atoms with Gasteiger partial charge in [-0.3, -0.25) is 14.9 Å². The molecule has 0 spiro atoms. The van der Waals surface area contributed by atoms with E-state index in [0.29, 0.717) is 11.3 Å². The van der Waals surface area contributed by atoms with Gasteiger partial charge >= 0.3 is 0 Å². The van der Waals surface area contributed by atoms with Gasteiger partial charge in [0.1, 0.15) is 23.1 Å². The monoisotopic (exact) mass is 569 g/mol. The third-order valence-corrected chi connectivity index (χ3v) is 6.66. The molecule has 1 fully saturated rings. The molecule has 3 heterocycles. The van der Waals surface area contributed by atoms with Gasteiger partial charge in [-0.15, -0.1) is 0 Å². The molecule has 10 nitrogen and oxygen atoms in total. The fourth-order valence-electron chi connectivity index (χ4n) is 4.20. The Morgan fingerprint density at radius 2 is 1.95 bits per heavy atom. The Morgan fingerprint density at radius 3 is 2.73 bits per heavy atom. The third-order valence-electron chi connectivity index (χ3n) is 6.13. The van der Waals surface area contributed by atoms with Crippen LogP contribution in [0.25, 0.3) is 11.0 Å². The topological polar surface area (TPSA) is 137 Å². The normalized spacial score (nSPS) is 19.5. The van der Waals surface area contributed by atoms with E-state index in [1.54, 1.807) is 0 Å². The molecule has 2 amide bonds. The van der Waals surface area contributed by atoms with Gasteiger partial charge in [0.25, 0.3) is 11.8 Å². The first-order chi connectivity index (χ1) is 18.0. The number of anilines is 1. The number of nitrogens with one attached hydrogen (secondary N) is 5. The summed E-state index contributed by atoms with van der Waals surface area (Å²) in [5, 5.41) is 8.97. The molecular weight excluding hydrogens is 538 g/mol. The summed E-state index contributed by atoms with van der Waals surface area (Å²) in [4.78, 5) is 40.4. The number of benzene rings is 1. The Kier molecular flexibility index (Phi) is 8.78. The van der Waals surface area contributed by atoms with Crippen molar-refractivity contribution in [2.45, 2.75) is 45.8 Å². The van der Waals surface area contributed by atoms with Crippen molar-refractivity contribution in [1.82, 2.24) is 30.6 Å². The Bertz CT molecular complexity index is 1310. The molecule has 1 aliphatic carbocycles. The van der Waals surface area contributed by atoms with E-state index in [2.05, 4.69) is 51.8 Å². The number of aromatic amines is 2. The second-order valence-corrected chi connectivity index (χ2v) is 9.57. The number of amides is 2. The van der Waals surface area contributed by atoms with Crippen molar-refractivity contribution in [3.63, 3.8) is 0 Å². The second-order valence-electron chi connectivity index (χ2n) is 8.65. The van der Waals surface area contributed by atoms with Gasteiger partial charge < -0.3 is 25.3 Å². The van der Waals surface area contributed by atoms with Crippen molar-refractivity contribution in [2.24, 2.45) is 5.92 Å². The molecule has 5 rings (SSSR count). The number of rotatable bonds is 6. The lowest BCUT2D eigenvalue weighted by atomic mass is 9.97. The first-order valence-corrected chi connectivity index (χ1v) is 13.3. The Balaban J connectivity index is 0.00000156. The van der Waals surface area contributed by atoms with Crippen molar-refractivity contribution in [3.8, 4) is 5.75 Å². The molecule has 0 bridgehead atoms. The summed E-state index contributed by atoms with van der Waals surface area (Å²) in [6.07, 6.45) is 9.16. The molecule has 1 aliphatic heterocycles. The highest BCUT2D eigenvalue weighted by atomic mass is 79.9. The minimum atomic E-state index is -0.551. The molecule has 0 radical (unpaired) electrons. The van der Waals surface area contributed by atoms with Crippen LogP contribution < -0.4 is 20.7 Å². The molecule has 3 aromatic rings. The molecule has 5 N–H and O–H groups in total. The molecule has 2 aromatic heterocycles. The maximum atomic E-state index is 13.0. The van der Waals surface area contributed by atoms with Crippen LogP contribution in [0.5, 0.6) is 5.75 Å². The summed E-state index contributed by atoms with van der Waals surface area (Å²) in [7, 11) is 0. The molecule has 37 heavy (non-hydrogen) atoms. The minimum Gasteiger partial charge on any atom is -0.488 e. The fraction of sp³-hybridized carbons (Fsp3) is 0.385. The van der Waals surface area contributed by atoms with E-state index >= 15 is 0 Å². The van der Waals surface area contributed by atoms with E-state index < -0.39 is 11.8 Å². The highest BCUT2D eigenvalue weighted by Gasteiger charge is 2.25. The Labute approximate surface area is 223 Å². The van der Waals surface area contributed by atoms with Crippen LogP contribution in [-0.2, 0) is 0 Å². The summed E-state index contributed by atoms with van der Waals surface area (Å²) in [6, 6.07) is 5.41. The van der Waals surface area contributed by atoms with Crippen molar-refractivity contribution in [1.29, 1.82) is 0 Å². The lowest BCUT2D eigenvalue weighted by Gasteiger charge is -2.23. The highest BCUT2D eigenvalue weighted by molar-refractivity contribution is 9.11. The molecular formula is C26H32BrN7O3.